The van der Waals surface area contributed by atoms with E-state index in [0.29, 0.717) is 19.5 Å². The van der Waals surface area contributed by atoms with E-state index in [1.54, 1.807) is 0 Å². The van der Waals surface area contributed by atoms with Crippen LogP contribution in [0.4, 0.5) is 0 Å². The van der Waals surface area contributed by atoms with Crippen molar-refractivity contribution in [1.29, 1.82) is 0 Å². The van der Waals surface area contributed by atoms with Gasteiger partial charge in [0, 0.05) is 43.7 Å². The molecular weight excluding hydrogens is 326 g/mol. The van der Waals surface area contributed by atoms with Gasteiger partial charge >= 0.3 is 0 Å². The third-order valence-corrected chi connectivity index (χ3v) is 4.71. The Kier molecular flexibility index (Phi) is 4.80. The van der Waals surface area contributed by atoms with E-state index in [0.717, 1.165) is 29.1 Å². The van der Waals surface area contributed by atoms with Crippen LogP contribution >= 0.6 is 0 Å². The van der Waals surface area contributed by atoms with Crippen LogP contribution in [0.25, 0.3) is 11.3 Å². The van der Waals surface area contributed by atoms with Gasteiger partial charge in [0.25, 0.3) is 0 Å². The van der Waals surface area contributed by atoms with E-state index in [2.05, 4.69) is 27.5 Å². The fourth-order valence-corrected chi connectivity index (χ4v) is 3.40. The lowest BCUT2D eigenvalue weighted by molar-refractivity contribution is -0.121. The summed E-state index contributed by atoms with van der Waals surface area (Å²) in [5.41, 5.74) is 3.04. The fourth-order valence-electron chi connectivity index (χ4n) is 3.40. The zero-order valence-electron chi connectivity index (χ0n) is 14.5. The molecule has 0 radical (unpaired) electrons. The zero-order chi connectivity index (χ0) is 17.8. The molecule has 132 valence electrons. The molecule has 1 aliphatic heterocycles. The van der Waals surface area contributed by atoms with Crippen molar-refractivity contribution in [1.82, 2.24) is 15.4 Å². The van der Waals surface area contributed by atoms with Crippen LogP contribution < -0.4 is 5.32 Å². The van der Waals surface area contributed by atoms with Crippen molar-refractivity contribution in [2.45, 2.75) is 19.0 Å². The molecule has 1 fully saturated rings. The topological polar surface area (TPSA) is 58.4 Å². The number of rotatable bonds is 4. The number of amides is 1. The van der Waals surface area contributed by atoms with Crippen LogP contribution in [0.3, 0.4) is 0 Å². The van der Waals surface area contributed by atoms with Crippen molar-refractivity contribution in [3.8, 4) is 11.3 Å². The fraction of sp³-hybridized carbons (Fsp3) is 0.238. The second-order valence-corrected chi connectivity index (χ2v) is 6.50. The highest BCUT2D eigenvalue weighted by molar-refractivity contribution is 5.77. The summed E-state index contributed by atoms with van der Waals surface area (Å²) in [6.07, 6.45) is 0.452. The first-order valence-electron chi connectivity index (χ1n) is 8.86. The maximum atomic E-state index is 12.1. The molecule has 2 aromatic carbocycles. The lowest BCUT2D eigenvalue weighted by atomic mass is 10.0. The third kappa shape index (κ3) is 3.68. The Bertz CT molecular complexity index is 861. The summed E-state index contributed by atoms with van der Waals surface area (Å²) in [5, 5.41) is 7.21. The highest BCUT2D eigenvalue weighted by Crippen LogP contribution is 2.28. The first-order chi connectivity index (χ1) is 12.8. The lowest BCUT2D eigenvalue weighted by Crippen LogP contribution is -2.30. The second kappa shape index (κ2) is 7.54. The molecule has 0 saturated carbocycles. The number of carbonyl (C=O) groups is 1. The Hall–Kier alpha value is -2.92. The molecule has 1 saturated heterocycles. The maximum Gasteiger partial charge on any atom is 0.221 e. The number of aromatic nitrogens is 1. The summed E-state index contributed by atoms with van der Waals surface area (Å²) in [6, 6.07) is 22.2. The van der Waals surface area contributed by atoms with Crippen LogP contribution in [0.5, 0.6) is 0 Å². The second-order valence-electron chi connectivity index (χ2n) is 6.50. The van der Waals surface area contributed by atoms with E-state index in [1.165, 1.54) is 0 Å². The predicted molar refractivity (Wildman–Crippen MR) is 99.2 cm³/mol. The van der Waals surface area contributed by atoms with Gasteiger partial charge in [-0.15, -0.1) is 0 Å². The Morgan fingerprint density at radius 1 is 1.08 bits per heavy atom. The van der Waals surface area contributed by atoms with Gasteiger partial charge in [0.2, 0.25) is 5.91 Å². The number of hydrogen-bond donors (Lipinski definition) is 1. The van der Waals surface area contributed by atoms with E-state index in [9.17, 15) is 4.79 Å². The molecule has 1 unspecified atom stereocenters. The van der Waals surface area contributed by atoms with E-state index >= 15 is 0 Å². The first-order valence-corrected chi connectivity index (χ1v) is 8.86. The van der Waals surface area contributed by atoms with Gasteiger partial charge in [-0.3, -0.25) is 9.69 Å². The van der Waals surface area contributed by atoms with Crippen molar-refractivity contribution in [3.63, 3.8) is 0 Å². The molecule has 1 amide bonds. The molecule has 0 aliphatic carbocycles. The van der Waals surface area contributed by atoms with Crippen molar-refractivity contribution < 1.29 is 9.32 Å². The Morgan fingerprint density at radius 2 is 1.81 bits per heavy atom. The molecule has 1 N–H and O–H groups in total. The van der Waals surface area contributed by atoms with Crippen molar-refractivity contribution in [3.05, 3.63) is 78.0 Å². The minimum atomic E-state index is 0.0376. The highest BCUT2D eigenvalue weighted by atomic mass is 16.5. The van der Waals surface area contributed by atoms with E-state index in [4.69, 9.17) is 4.52 Å². The monoisotopic (exact) mass is 347 g/mol. The molecule has 26 heavy (non-hydrogen) atoms. The first kappa shape index (κ1) is 16.5. The minimum absolute atomic E-state index is 0.0376. The summed E-state index contributed by atoms with van der Waals surface area (Å²) in [7, 11) is 0. The molecular formula is C21H21N3O2. The zero-order valence-corrected chi connectivity index (χ0v) is 14.5. The van der Waals surface area contributed by atoms with Gasteiger partial charge < -0.3 is 9.84 Å². The Labute approximate surface area is 152 Å². The van der Waals surface area contributed by atoms with Crippen LogP contribution in [0.2, 0.25) is 0 Å². The molecule has 0 bridgehead atoms. The quantitative estimate of drug-likeness (QED) is 0.786. The molecule has 4 rings (SSSR count). The largest absolute Gasteiger partial charge is 0.356 e. The van der Waals surface area contributed by atoms with Gasteiger partial charge in [-0.05, 0) is 5.56 Å². The molecule has 2 heterocycles. The SMILES string of the molecule is O=C1CC(c2ccccc2)N(Cc2cc(-c3ccccc3)on2)CCN1. The average molecular weight is 347 g/mol. The summed E-state index contributed by atoms with van der Waals surface area (Å²) >= 11 is 0. The smallest absolute Gasteiger partial charge is 0.221 e. The summed E-state index contributed by atoms with van der Waals surface area (Å²) < 4.78 is 5.53. The number of carbonyl (C=O) groups excluding carboxylic acids is 1. The summed E-state index contributed by atoms with van der Waals surface area (Å²) in [5.74, 6) is 0.854. The molecule has 3 aromatic rings. The van der Waals surface area contributed by atoms with Crippen LogP contribution in [0.1, 0.15) is 23.7 Å². The van der Waals surface area contributed by atoms with E-state index in [1.807, 2.05) is 54.6 Å². The molecule has 5 heteroatoms. The van der Waals surface area contributed by atoms with Crippen LogP contribution in [0.15, 0.2) is 71.3 Å². The number of hydrogen-bond acceptors (Lipinski definition) is 4. The molecule has 1 aromatic heterocycles. The van der Waals surface area contributed by atoms with Crippen molar-refractivity contribution in [2.24, 2.45) is 0 Å². The average Bonchev–Trinajstić information content (AvgIpc) is 3.07. The predicted octanol–water partition coefficient (Wildman–Crippen LogP) is 3.40. The van der Waals surface area contributed by atoms with Crippen LogP contribution in [-0.4, -0.2) is 29.1 Å². The number of nitrogens with one attached hydrogen (secondary N) is 1. The van der Waals surface area contributed by atoms with Crippen molar-refractivity contribution >= 4 is 5.91 Å². The Balaban J connectivity index is 1.57. The summed E-state index contributed by atoms with van der Waals surface area (Å²) in [6.45, 7) is 2.06. The van der Waals surface area contributed by atoms with Gasteiger partial charge in [0.1, 0.15) is 0 Å². The Morgan fingerprint density at radius 3 is 2.58 bits per heavy atom. The highest BCUT2D eigenvalue weighted by Gasteiger charge is 2.27. The number of benzene rings is 2. The van der Waals surface area contributed by atoms with Gasteiger partial charge in [-0.25, -0.2) is 0 Å². The maximum absolute atomic E-state index is 12.1. The lowest BCUT2D eigenvalue weighted by Gasteiger charge is -2.28. The normalized spacial score (nSPS) is 18.3. The number of nitrogens with zero attached hydrogens (tertiary/aromatic N) is 2. The molecule has 0 spiro atoms. The molecule has 5 nitrogen and oxygen atoms in total. The van der Waals surface area contributed by atoms with Gasteiger partial charge in [0.15, 0.2) is 5.76 Å². The molecule has 1 aliphatic rings. The van der Waals surface area contributed by atoms with Gasteiger partial charge in [-0.2, -0.15) is 0 Å². The summed E-state index contributed by atoms with van der Waals surface area (Å²) in [4.78, 5) is 14.4. The van der Waals surface area contributed by atoms with E-state index < -0.39 is 0 Å². The van der Waals surface area contributed by atoms with Crippen LogP contribution in [0, 0.1) is 0 Å². The van der Waals surface area contributed by atoms with Crippen molar-refractivity contribution in [2.75, 3.05) is 13.1 Å². The van der Waals surface area contributed by atoms with E-state index in [-0.39, 0.29) is 11.9 Å². The minimum Gasteiger partial charge on any atom is -0.356 e. The third-order valence-electron chi connectivity index (χ3n) is 4.71. The molecule has 1 atom stereocenters. The van der Waals surface area contributed by atoms with Gasteiger partial charge in [-0.1, -0.05) is 65.8 Å². The van der Waals surface area contributed by atoms with Crippen LogP contribution in [-0.2, 0) is 11.3 Å². The standard InChI is InChI=1S/C21H21N3O2/c25-21-14-19(16-7-3-1-4-8-16)24(12-11-22-21)15-18-13-20(26-23-18)17-9-5-2-6-10-17/h1-10,13,19H,11-12,14-15H2,(H,22,25). The van der Waals surface area contributed by atoms with Gasteiger partial charge in [0.05, 0.1) is 5.69 Å².